The summed E-state index contributed by atoms with van der Waals surface area (Å²) in [4.78, 5) is 2.49. The summed E-state index contributed by atoms with van der Waals surface area (Å²) >= 11 is 0. The molecule has 2 saturated heterocycles. The van der Waals surface area contributed by atoms with Crippen molar-refractivity contribution in [2.24, 2.45) is 11.3 Å². The maximum Gasteiger partial charge on any atom is 0.434 e. The number of hydrogen-bond donors (Lipinski definition) is 1. The molecule has 158 valence electrons. The van der Waals surface area contributed by atoms with Crippen LogP contribution in [0.15, 0.2) is 23.2 Å². The van der Waals surface area contributed by atoms with Gasteiger partial charge in [0.1, 0.15) is 4.90 Å². The highest BCUT2D eigenvalue weighted by molar-refractivity contribution is 7.89. The van der Waals surface area contributed by atoms with Crippen molar-refractivity contribution >= 4 is 10.0 Å². The Balaban J connectivity index is 1.63. The molecule has 0 spiro atoms. The summed E-state index contributed by atoms with van der Waals surface area (Å²) in [5.74, 6) is 0.548. The molecule has 0 aliphatic carbocycles. The molecule has 0 saturated carbocycles. The molecule has 0 radical (unpaired) electrons. The lowest BCUT2D eigenvalue weighted by atomic mass is 9.79. The zero-order chi connectivity index (χ0) is 20.4. The van der Waals surface area contributed by atoms with Gasteiger partial charge in [0.2, 0.25) is 10.0 Å². The zero-order valence-corrected chi connectivity index (χ0v) is 16.7. The van der Waals surface area contributed by atoms with Crippen LogP contribution in [-0.4, -0.2) is 57.1 Å². The van der Waals surface area contributed by atoms with Crippen LogP contribution in [-0.2, 0) is 20.9 Å². The fourth-order valence-corrected chi connectivity index (χ4v) is 5.60. The number of halogens is 3. The monoisotopic (exact) mass is 421 g/mol. The van der Waals surface area contributed by atoms with Gasteiger partial charge in [-0.1, -0.05) is 6.92 Å². The number of sulfonamides is 1. The van der Waals surface area contributed by atoms with Crippen molar-refractivity contribution in [1.29, 1.82) is 0 Å². The summed E-state index contributed by atoms with van der Waals surface area (Å²) in [5, 5.41) is 3.43. The number of aromatic nitrogens is 1. The smallest absolute Gasteiger partial charge is 0.381 e. The van der Waals surface area contributed by atoms with Crippen LogP contribution in [0.25, 0.3) is 0 Å². The number of nitrogens with one attached hydrogen (secondary N) is 1. The molecular weight excluding hydrogens is 395 g/mol. The number of ether oxygens (including phenoxy) is 1. The van der Waals surface area contributed by atoms with Gasteiger partial charge in [0.05, 0.1) is 0 Å². The fraction of sp³-hybridized carbons (Fsp3) is 0.722. The first-order chi connectivity index (χ1) is 13.2. The van der Waals surface area contributed by atoms with E-state index in [1.54, 1.807) is 0 Å². The van der Waals surface area contributed by atoms with Gasteiger partial charge in [-0.2, -0.15) is 17.5 Å². The number of alkyl halides is 3. The molecule has 28 heavy (non-hydrogen) atoms. The summed E-state index contributed by atoms with van der Waals surface area (Å²) in [6, 6.07) is 2.19. The minimum atomic E-state index is -4.82. The van der Waals surface area contributed by atoms with E-state index in [4.69, 9.17) is 4.74 Å². The van der Waals surface area contributed by atoms with Gasteiger partial charge in [0.25, 0.3) is 0 Å². The molecule has 6 nitrogen and oxygen atoms in total. The van der Waals surface area contributed by atoms with Crippen LogP contribution in [0.5, 0.6) is 0 Å². The molecule has 2 fully saturated rings. The standard InChI is InChI=1S/C18H26F3N3O3S/c1-2-17(11-22-10-14-5-8-27-9-6-14)12-24(13-17)28(25,26)15-4-3-7-23-16(15)18(19,20)21/h3-4,7,14,22H,2,5-6,8-13H2,1H3. The van der Waals surface area contributed by atoms with Crippen molar-refractivity contribution in [1.82, 2.24) is 14.6 Å². The maximum absolute atomic E-state index is 13.2. The average molecular weight is 421 g/mol. The van der Waals surface area contributed by atoms with Gasteiger partial charge in [-0.05, 0) is 43.9 Å². The van der Waals surface area contributed by atoms with Crippen LogP contribution >= 0.6 is 0 Å². The van der Waals surface area contributed by atoms with Crippen molar-refractivity contribution in [3.8, 4) is 0 Å². The lowest BCUT2D eigenvalue weighted by Crippen LogP contribution is -2.62. The third-order valence-corrected chi connectivity index (χ3v) is 7.53. The predicted octanol–water partition coefficient (Wildman–Crippen LogP) is 2.52. The lowest BCUT2D eigenvalue weighted by Gasteiger charge is -2.49. The molecule has 0 aromatic carbocycles. The molecule has 2 aliphatic rings. The molecule has 1 aromatic rings. The Morgan fingerprint density at radius 2 is 2.00 bits per heavy atom. The highest BCUT2D eigenvalue weighted by Crippen LogP contribution is 2.40. The molecule has 0 unspecified atom stereocenters. The number of nitrogens with zero attached hydrogens (tertiary/aromatic N) is 2. The molecule has 1 aromatic heterocycles. The lowest BCUT2D eigenvalue weighted by molar-refractivity contribution is -0.143. The Morgan fingerprint density at radius 3 is 2.61 bits per heavy atom. The van der Waals surface area contributed by atoms with E-state index in [2.05, 4.69) is 10.3 Å². The molecule has 0 amide bonds. The zero-order valence-electron chi connectivity index (χ0n) is 15.8. The van der Waals surface area contributed by atoms with Gasteiger partial charge in [0.15, 0.2) is 5.69 Å². The van der Waals surface area contributed by atoms with E-state index in [0.717, 1.165) is 55.6 Å². The molecule has 10 heteroatoms. The second-order valence-electron chi connectivity index (χ2n) is 7.66. The molecule has 2 aliphatic heterocycles. The van der Waals surface area contributed by atoms with E-state index in [1.165, 1.54) is 6.07 Å². The van der Waals surface area contributed by atoms with Crippen molar-refractivity contribution in [2.75, 3.05) is 39.4 Å². The van der Waals surface area contributed by atoms with E-state index >= 15 is 0 Å². The molecular formula is C18H26F3N3O3S. The fourth-order valence-electron chi connectivity index (χ4n) is 3.77. The molecule has 0 bridgehead atoms. The van der Waals surface area contributed by atoms with Crippen LogP contribution in [0.4, 0.5) is 13.2 Å². The minimum absolute atomic E-state index is 0.207. The molecule has 0 atom stereocenters. The van der Waals surface area contributed by atoms with Gasteiger partial charge < -0.3 is 10.1 Å². The topological polar surface area (TPSA) is 71.5 Å². The first kappa shape index (κ1) is 21.5. The SMILES string of the molecule is CCC1(CNCC2CCOCC2)CN(S(=O)(=O)c2cccnc2C(F)(F)F)C1. The summed E-state index contributed by atoms with van der Waals surface area (Å²) in [7, 11) is -4.24. The largest absolute Gasteiger partial charge is 0.434 e. The molecule has 3 heterocycles. The quantitative estimate of drug-likeness (QED) is 0.733. The van der Waals surface area contributed by atoms with Crippen molar-refractivity contribution in [2.45, 2.75) is 37.3 Å². The van der Waals surface area contributed by atoms with Crippen molar-refractivity contribution < 1.29 is 26.3 Å². The summed E-state index contributed by atoms with van der Waals surface area (Å²) in [6.07, 6.45) is -1.10. The van der Waals surface area contributed by atoms with Gasteiger partial charge >= 0.3 is 6.18 Å². The van der Waals surface area contributed by atoms with Gasteiger partial charge in [-0.15, -0.1) is 0 Å². The van der Waals surface area contributed by atoms with Gasteiger partial charge in [-0.3, -0.25) is 4.98 Å². The number of hydrogen-bond acceptors (Lipinski definition) is 5. The molecule has 3 rings (SSSR count). The van der Waals surface area contributed by atoms with Crippen molar-refractivity contribution in [3.63, 3.8) is 0 Å². The summed E-state index contributed by atoms with van der Waals surface area (Å²) < 4.78 is 71.5. The van der Waals surface area contributed by atoms with Gasteiger partial charge in [0, 0.05) is 44.5 Å². The highest BCUT2D eigenvalue weighted by Gasteiger charge is 2.49. The Labute approximate surface area is 163 Å². The maximum atomic E-state index is 13.2. The Bertz CT molecular complexity index is 774. The first-order valence-corrected chi connectivity index (χ1v) is 10.9. The van der Waals surface area contributed by atoms with E-state index < -0.39 is 26.8 Å². The van der Waals surface area contributed by atoms with E-state index in [9.17, 15) is 21.6 Å². The average Bonchev–Trinajstić information content (AvgIpc) is 2.64. The second kappa shape index (κ2) is 8.25. The third kappa shape index (κ3) is 4.50. The summed E-state index contributed by atoms with van der Waals surface area (Å²) in [6.45, 7) is 5.42. The van der Waals surface area contributed by atoms with Crippen LogP contribution in [0.1, 0.15) is 31.9 Å². The summed E-state index contributed by atoms with van der Waals surface area (Å²) in [5.41, 5.74) is -1.61. The van der Waals surface area contributed by atoms with E-state index in [1.807, 2.05) is 6.92 Å². The van der Waals surface area contributed by atoms with E-state index in [0.29, 0.717) is 12.5 Å². The van der Waals surface area contributed by atoms with E-state index in [-0.39, 0.29) is 18.5 Å². The Kier molecular flexibility index (Phi) is 6.33. The van der Waals surface area contributed by atoms with Gasteiger partial charge in [-0.25, -0.2) is 8.42 Å². The Morgan fingerprint density at radius 1 is 1.32 bits per heavy atom. The van der Waals surface area contributed by atoms with Crippen LogP contribution in [0.2, 0.25) is 0 Å². The predicted molar refractivity (Wildman–Crippen MR) is 97.1 cm³/mol. The normalized spacial score (nSPS) is 21.4. The Hall–Kier alpha value is -1.23. The highest BCUT2D eigenvalue weighted by atomic mass is 32.2. The second-order valence-corrected chi connectivity index (χ2v) is 9.57. The van der Waals surface area contributed by atoms with Crippen LogP contribution in [0, 0.1) is 11.3 Å². The van der Waals surface area contributed by atoms with Crippen molar-refractivity contribution in [3.05, 3.63) is 24.0 Å². The number of pyridine rings is 1. The first-order valence-electron chi connectivity index (χ1n) is 9.49. The number of rotatable bonds is 7. The molecule has 1 N–H and O–H groups in total. The van der Waals surface area contributed by atoms with Crippen LogP contribution in [0.3, 0.4) is 0 Å². The van der Waals surface area contributed by atoms with Crippen LogP contribution < -0.4 is 5.32 Å². The minimum Gasteiger partial charge on any atom is -0.381 e. The third-order valence-electron chi connectivity index (χ3n) is 5.70.